The molecule has 2 saturated carbocycles. The van der Waals surface area contributed by atoms with Crippen LogP contribution in [0.4, 0.5) is 0 Å². The van der Waals surface area contributed by atoms with Gasteiger partial charge >= 0.3 is 0 Å². The number of rotatable bonds is 1. The van der Waals surface area contributed by atoms with Crippen LogP contribution in [-0.2, 0) is 9.47 Å². The van der Waals surface area contributed by atoms with Crippen LogP contribution < -0.4 is 0 Å². The van der Waals surface area contributed by atoms with Gasteiger partial charge in [0.1, 0.15) is 0 Å². The molecule has 0 aromatic rings. The largest absolute Gasteiger partial charge is 0.392 e. The van der Waals surface area contributed by atoms with Gasteiger partial charge in [-0.1, -0.05) is 44.1 Å². The summed E-state index contributed by atoms with van der Waals surface area (Å²) in [4.78, 5) is 0. The molecule has 4 aliphatic carbocycles. The van der Waals surface area contributed by atoms with Crippen LogP contribution in [0.5, 0.6) is 0 Å². The Hall–Kier alpha value is 0.802. The molecular formula is C24H36AcO3. The molecule has 1 saturated heterocycles. The molecule has 0 bridgehead atoms. The van der Waals surface area contributed by atoms with Crippen LogP contribution in [0.3, 0.4) is 0 Å². The van der Waals surface area contributed by atoms with E-state index in [1.54, 1.807) is 5.57 Å². The van der Waals surface area contributed by atoms with Gasteiger partial charge in [-0.25, -0.2) is 0 Å². The minimum atomic E-state index is -0.555. The van der Waals surface area contributed by atoms with E-state index in [4.69, 9.17) is 9.47 Å². The Morgan fingerprint density at radius 3 is 2.50 bits per heavy atom. The van der Waals surface area contributed by atoms with Crippen molar-refractivity contribution in [1.82, 2.24) is 0 Å². The van der Waals surface area contributed by atoms with E-state index in [1.807, 2.05) is 0 Å². The third kappa shape index (κ3) is 2.95. The molecule has 4 heteroatoms. The van der Waals surface area contributed by atoms with E-state index in [9.17, 15) is 5.11 Å². The number of aliphatic hydroxyl groups excluding tert-OH is 1. The molecule has 1 N–H and O–H groups in total. The maximum atomic E-state index is 11.5. The summed E-state index contributed by atoms with van der Waals surface area (Å²) in [6, 6.07) is 0. The van der Waals surface area contributed by atoms with Crippen molar-refractivity contribution in [3.63, 3.8) is 0 Å². The van der Waals surface area contributed by atoms with Crippen LogP contribution in [0.25, 0.3) is 0 Å². The van der Waals surface area contributed by atoms with E-state index in [0.717, 1.165) is 25.2 Å². The van der Waals surface area contributed by atoms with Gasteiger partial charge in [0.2, 0.25) is 0 Å². The van der Waals surface area contributed by atoms with E-state index in [-0.39, 0.29) is 66.9 Å². The summed E-state index contributed by atoms with van der Waals surface area (Å²) in [5, 5.41) is 11.5. The maximum Gasteiger partial charge on any atom is 0.169 e. The number of ether oxygens (including phenoxy) is 2. The molecule has 1 heterocycles. The van der Waals surface area contributed by atoms with Crippen LogP contribution >= 0.6 is 0 Å². The minimum Gasteiger partial charge on any atom is -0.392 e. The third-order valence-electron chi connectivity index (χ3n) is 9.36. The molecule has 0 spiro atoms. The van der Waals surface area contributed by atoms with Gasteiger partial charge in [0.15, 0.2) is 5.79 Å². The van der Waals surface area contributed by atoms with Crippen molar-refractivity contribution >= 4 is 0 Å². The van der Waals surface area contributed by atoms with Crippen molar-refractivity contribution in [2.45, 2.75) is 78.1 Å². The first-order chi connectivity index (χ1) is 12.8. The van der Waals surface area contributed by atoms with Gasteiger partial charge in [0.05, 0.1) is 19.3 Å². The second kappa shape index (κ2) is 7.44. The van der Waals surface area contributed by atoms with Gasteiger partial charge in [0, 0.05) is 55.4 Å². The fourth-order valence-corrected chi connectivity index (χ4v) is 7.66. The maximum absolute atomic E-state index is 11.5. The van der Waals surface area contributed by atoms with Crippen molar-refractivity contribution in [3.05, 3.63) is 23.3 Å². The van der Waals surface area contributed by atoms with Gasteiger partial charge in [-0.05, 0) is 68.6 Å². The van der Waals surface area contributed by atoms with Crippen molar-refractivity contribution in [2.75, 3.05) is 13.2 Å². The average molecular weight is 600 g/mol. The summed E-state index contributed by atoms with van der Waals surface area (Å²) in [5.41, 5.74) is 3.25. The second-order valence-corrected chi connectivity index (χ2v) is 10.6. The molecule has 7 unspecified atom stereocenters. The van der Waals surface area contributed by atoms with E-state index in [2.05, 4.69) is 39.8 Å². The number of allylic oxidation sites excluding steroid dienone is 3. The summed E-state index contributed by atoms with van der Waals surface area (Å²) >= 11 is 0. The zero-order valence-corrected chi connectivity index (χ0v) is 22.8. The van der Waals surface area contributed by atoms with Gasteiger partial charge in [-0.15, -0.1) is 0 Å². The third-order valence-corrected chi connectivity index (χ3v) is 9.36. The summed E-state index contributed by atoms with van der Waals surface area (Å²) in [6.07, 6.45) is 11.6. The molecular weight excluding hydrogens is 563 g/mol. The summed E-state index contributed by atoms with van der Waals surface area (Å²) in [6.45, 7) is 10.6. The molecule has 5 rings (SSSR count). The minimum absolute atomic E-state index is 0. The van der Waals surface area contributed by atoms with Crippen LogP contribution in [0, 0.1) is 78.6 Å². The predicted molar refractivity (Wildman–Crippen MR) is 106 cm³/mol. The van der Waals surface area contributed by atoms with Crippen molar-refractivity contribution in [1.29, 1.82) is 0 Å². The molecule has 0 aromatic carbocycles. The quantitative estimate of drug-likeness (QED) is 0.438. The molecule has 5 aliphatic rings. The van der Waals surface area contributed by atoms with E-state index >= 15 is 0 Å². The average Bonchev–Trinajstić information content (AvgIpc) is 3.22. The molecule has 3 fully saturated rings. The standard InChI is InChI=1S/C24H36O3.Ac/c1-15-9-10-22(2)16(13-15)5-6-17-18-7-8-20(24(4)26-11-12-27-24)23(18,3)21(25)14-19(17)22;/h5,7,15,17,19-21,25H,6,8-14H2,1-4H3;. The molecule has 1 aliphatic heterocycles. The molecule has 1 radical (unpaired) electrons. The Labute approximate surface area is 206 Å². The van der Waals surface area contributed by atoms with Crippen LogP contribution in [0.15, 0.2) is 23.3 Å². The summed E-state index contributed by atoms with van der Waals surface area (Å²) < 4.78 is 12.1. The first-order valence-corrected chi connectivity index (χ1v) is 11.1. The van der Waals surface area contributed by atoms with Crippen molar-refractivity contribution in [2.24, 2.45) is 34.5 Å². The van der Waals surface area contributed by atoms with Crippen LogP contribution in [0.2, 0.25) is 0 Å². The summed E-state index contributed by atoms with van der Waals surface area (Å²) in [7, 11) is 0. The fourth-order valence-electron chi connectivity index (χ4n) is 7.66. The number of hydrogen-bond donors (Lipinski definition) is 1. The Morgan fingerprint density at radius 2 is 1.79 bits per heavy atom. The molecule has 0 amide bonds. The van der Waals surface area contributed by atoms with Gasteiger partial charge in [0.25, 0.3) is 0 Å². The smallest absolute Gasteiger partial charge is 0.169 e. The fraction of sp³-hybridized carbons (Fsp3) is 0.833. The van der Waals surface area contributed by atoms with Crippen LogP contribution in [0.1, 0.15) is 66.2 Å². The topological polar surface area (TPSA) is 38.7 Å². The van der Waals surface area contributed by atoms with E-state index in [0.29, 0.717) is 25.0 Å². The number of fused-ring (bicyclic) bond motifs is 5. The normalized spacial score (nSPS) is 49.2. The first kappa shape index (κ1) is 22.0. The molecule has 0 aromatic heterocycles. The Balaban J connectivity index is 0.00000192. The van der Waals surface area contributed by atoms with E-state index in [1.165, 1.54) is 24.8 Å². The van der Waals surface area contributed by atoms with Crippen LogP contribution in [-0.4, -0.2) is 30.2 Å². The van der Waals surface area contributed by atoms with E-state index < -0.39 is 5.79 Å². The SMILES string of the molecule is CC1CCC2(C)C(=CCC3C4=CCC(C5(C)OCCO5)C4(C)C(O)CC32)C1.[Ac]. The molecule has 3 nitrogen and oxygen atoms in total. The zero-order chi connectivity index (χ0) is 19.0. The monoisotopic (exact) mass is 599 g/mol. The second-order valence-electron chi connectivity index (χ2n) is 10.6. The van der Waals surface area contributed by atoms with Crippen molar-refractivity contribution < 1.29 is 58.6 Å². The molecule has 153 valence electrons. The Morgan fingerprint density at radius 1 is 1.07 bits per heavy atom. The van der Waals surface area contributed by atoms with Gasteiger partial charge in [-0.2, -0.15) is 0 Å². The Kier molecular flexibility index (Phi) is 5.85. The van der Waals surface area contributed by atoms with Crippen molar-refractivity contribution in [3.8, 4) is 0 Å². The first-order valence-electron chi connectivity index (χ1n) is 11.1. The van der Waals surface area contributed by atoms with Gasteiger partial charge in [-0.3, -0.25) is 0 Å². The predicted octanol–water partition coefficient (Wildman–Crippen LogP) is 4.86. The zero-order valence-electron chi connectivity index (χ0n) is 18.0. The van der Waals surface area contributed by atoms with Gasteiger partial charge < -0.3 is 14.6 Å². The molecule has 7 atom stereocenters. The number of aliphatic hydroxyl groups is 1. The Bertz CT molecular complexity index is 694. The number of hydrogen-bond acceptors (Lipinski definition) is 3. The molecule has 28 heavy (non-hydrogen) atoms. The summed E-state index contributed by atoms with van der Waals surface area (Å²) in [5.74, 6) is 1.63.